The lowest BCUT2D eigenvalue weighted by atomic mass is 10.1. The standard InChI is InChI=1S/C22H27BrN2O3/c1-4-28-21-19(23)13-18(14-20(21)27-3)22(26)25-11-9-24(10-12-25)15-17-8-6-5-7-16(17)2/h5-8,13-14H,4,9-12,15H2,1-3H3. The molecule has 0 atom stereocenters. The molecule has 0 unspecified atom stereocenters. The number of halogens is 1. The molecule has 0 spiro atoms. The molecule has 1 amide bonds. The highest BCUT2D eigenvalue weighted by Crippen LogP contribution is 2.37. The van der Waals surface area contributed by atoms with Crippen LogP contribution < -0.4 is 9.47 Å². The fourth-order valence-corrected chi connectivity index (χ4v) is 4.00. The van der Waals surface area contributed by atoms with Crippen LogP contribution in [-0.2, 0) is 6.54 Å². The third-order valence-electron chi connectivity index (χ3n) is 5.08. The van der Waals surface area contributed by atoms with Gasteiger partial charge in [-0.05, 0) is 53.0 Å². The third-order valence-corrected chi connectivity index (χ3v) is 5.67. The lowest BCUT2D eigenvalue weighted by molar-refractivity contribution is 0.0627. The molecule has 0 aliphatic carbocycles. The number of hydrogen-bond acceptors (Lipinski definition) is 4. The Hall–Kier alpha value is -2.05. The molecule has 1 heterocycles. The third kappa shape index (κ3) is 4.67. The minimum atomic E-state index is 0.0255. The summed E-state index contributed by atoms with van der Waals surface area (Å²) in [6, 6.07) is 12.0. The van der Waals surface area contributed by atoms with E-state index >= 15 is 0 Å². The number of piperazine rings is 1. The zero-order chi connectivity index (χ0) is 20.1. The van der Waals surface area contributed by atoms with Gasteiger partial charge in [0, 0.05) is 38.3 Å². The van der Waals surface area contributed by atoms with E-state index in [0.29, 0.717) is 23.7 Å². The van der Waals surface area contributed by atoms with E-state index in [4.69, 9.17) is 9.47 Å². The summed E-state index contributed by atoms with van der Waals surface area (Å²) < 4.78 is 11.8. The van der Waals surface area contributed by atoms with Crippen molar-refractivity contribution in [3.05, 3.63) is 57.6 Å². The van der Waals surface area contributed by atoms with Crippen LogP contribution in [0.1, 0.15) is 28.4 Å². The van der Waals surface area contributed by atoms with Gasteiger partial charge in [0.05, 0.1) is 18.2 Å². The number of rotatable bonds is 6. The first-order valence-corrected chi connectivity index (χ1v) is 10.4. The summed E-state index contributed by atoms with van der Waals surface area (Å²) in [6.07, 6.45) is 0. The number of amides is 1. The van der Waals surface area contributed by atoms with Crippen LogP contribution in [0.25, 0.3) is 0 Å². The molecule has 1 saturated heterocycles. The van der Waals surface area contributed by atoms with Gasteiger partial charge in [0.2, 0.25) is 0 Å². The van der Waals surface area contributed by atoms with Gasteiger partial charge in [-0.15, -0.1) is 0 Å². The molecular weight excluding hydrogens is 420 g/mol. The van der Waals surface area contributed by atoms with E-state index in [-0.39, 0.29) is 5.91 Å². The fraction of sp³-hybridized carbons (Fsp3) is 0.409. The van der Waals surface area contributed by atoms with Crippen LogP contribution in [-0.4, -0.2) is 55.6 Å². The molecule has 0 radical (unpaired) electrons. The molecule has 2 aromatic rings. The Morgan fingerprint density at radius 3 is 2.50 bits per heavy atom. The number of methoxy groups -OCH3 is 1. The quantitative estimate of drug-likeness (QED) is 0.668. The van der Waals surface area contributed by atoms with E-state index in [1.165, 1.54) is 11.1 Å². The largest absolute Gasteiger partial charge is 0.493 e. The highest BCUT2D eigenvalue weighted by molar-refractivity contribution is 9.10. The van der Waals surface area contributed by atoms with Gasteiger partial charge < -0.3 is 14.4 Å². The van der Waals surface area contributed by atoms with E-state index in [9.17, 15) is 4.79 Å². The van der Waals surface area contributed by atoms with E-state index < -0.39 is 0 Å². The molecule has 0 N–H and O–H groups in total. The van der Waals surface area contributed by atoms with Gasteiger partial charge in [-0.25, -0.2) is 0 Å². The van der Waals surface area contributed by atoms with Crippen LogP contribution >= 0.6 is 15.9 Å². The number of hydrogen-bond donors (Lipinski definition) is 0. The van der Waals surface area contributed by atoms with Crippen molar-refractivity contribution < 1.29 is 14.3 Å². The van der Waals surface area contributed by atoms with Crippen molar-refractivity contribution in [1.29, 1.82) is 0 Å². The summed E-state index contributed by atoms with van der Waals surface area (Å²) in [5.41, 5.74) is 3.27. The van der Waals surface area contributed by atoms with Crippen LogP contribution in [0.2, 0.25) is 0 Å². The van der Waals surface area contributed by atoms with Crippen molar-refractivity contribution in [3.8, 4) is 11.5 Å². The van der Waals surface area contributed by atoms with Gasteiger partial charge >= 0.3 is 0 Å². The maximum atomic E-state index is 13.0. The molecule has 1 aliphatic rings. The summed E-state index contributed by atoms with van der Waals surface area (Å²) in [5.74, 6) is 1.22. The van der Waals surface area contributed by atoms with E-state index in [0.717, 1.165) is 37.2 Å². The van der Waals surface area contributed by atoms with Crippen molar-refractivity contribution in [2.75, 3.05) is 39.9 Å². The molecule has 1 aliphatic heterocycles. The van der Waals surface area contributed by atoms with Gasteiger partial charge in [-0.3, -0.25) is 9.69 Å². The fourth-order valence-electron chi connectivity index (χ4n) is 3.45. The zero-order valence-electron chi connectivity index (χ0n) is 16.7. The van der Waals surface area contributed by atoms with Crippen molar-refractivity contribution in [3.63, 3.8) is 0 Å². The number of carbonyl (C=O) groups excluding carboxylic acids is 1. The first-order chi connectivity index (χ1) is 13.5. The monoisotopic (exact) mass is 446 g/mol. The molecule has 3 rings (SSSR count). The normalized spacial score (nSPS) is 14.8. The predicted octanol–water partition coefficient (Wildman–Crippen LogP) is 4.12. The molecule has 2 aromatic carbocycles. The SMILES string of the molecule is CCOc1c(Br)cc(C(=O)N2CCN(Cc3ccccc3C)CC2)cc1OC. The number of nitrogens with zero attached hydrogens (tertiary/aromatic N) is 2. The van der Waals surface area contributed by atoms with Gasteiger partial charge in [-0.2, -0.15) is 0 Å². The van der Waals surface area contributed by atoms with Crippen LogP contribution in [0.15, 0.2) is 40.9 Å². The minimum absolute atomic E-state index is 0.0255. The summed E-state index contributed by atoms with van der Waals surface area (Å²) in [7, 11) is 1.59. The summed E-state index contributed by atoms with van der Waals surface area (Å²) >= 11 is 3.50. The van der Waals surface area contributed by atoms with Crippen LogP contribution in [0.5, 0.6) is 11.5 Å². The Balaban J connectivity index is 1.65. The van der Waals surface area contributed by atoms with Crippen molar-refractivity contribution in [2.24, 2.45) is 0 Å². The number of carbonyl (C=O) groups is 1. The van der Waals surface area contributed by atoms with E-state index in [2.05, 4.69) is 52.0 Å². The Morgan fingerprint density at radius 1 is 1.14 bits per heavy atom. The summed E-state index contributed by atoms with van der Waals surface area (Å²) in [5, 5.41) is 0. The number of benzene rings is 2. The lowest BCUT2D eigenvalue weighted by Gasteiger charge is -2.35. The molecule has 28 heavy (non-hydrogen) atoms. The van der Waals surface area contributed by atoms with Gasteiger partial charge in [0.1, 0.15) is 0 Å². The Bertz CT molecular complexity index is 833. The van der Waals surface area contributed by atoms with Crippen molar-refractivity contribution in [2.45, 2.75) is 20.4 Å². The Morgan fingerprint density at radius 2 is 1.86 bits per heavy atom. The Kier molecular flexibility index (Phi) is 6.97. The second kappa shape index (κ2) is 9.43. The smallest absolute Gasteiger partial charge is 0.254 e. The highest BCUT2D eigenvalue weighted by atomic mass is 79.9. The second-order valence-electron chi connectivity index (χ2n) is 6.92. The molecule has 0 aromatic heterocycles. The molecule has 5 nitrogen and oxygen atoms in total. The number of ether oxygens (including phenoxy) is 2. The van der Waals surface area contributed by atoms with E-state index in [1.807, 2.05) is 17.9 Å². The topological polar surface area (TPSA) is 42.0 Å². The van der Waals surface area contributed by atoms with Crippen molar-refractivity contribution >= 4 is 21.8 Å². The van der Waals surface area contributed by atoms with Crippen LogP contribution in [0.4, 0.5) is 0 Å². The first kappa shape index (κ1) is 20.7. The van der Waals surface area contributed by atoms with Crippen molar-refractivity contribution in [1.82, 2.24) is 9.80 Å². The maximum absolute atomic E-state index is 13.0. The van der Waals surface area contributed by atoms with Crippen LogP contribution in [0, 0.1) is 6.92 Å². The second-order valence-corrected chi connectivity index (χ2v) is 7.77. The molecule has 0 saturated carbocycles. The number of aryl methyl sites for hydroxylation is 1. The molecule has 1 fully saturated rings. The first-order valence-electron chi connectivity index (χ1n) is 9.60. The summed E-state index contributed by atoms with van der Waals surface area (Å²) in [6.45, 7) is 8.70. The summed E-state index contributed by atoms with van der Waals surface area (Å²) in [4.78, 5) is 17.3. The van der Waals surface area contributed by atoms with Crippen LogP contribution in [0.3, 0.4) is 0 Å². The predicted molar refractivity (Wildman–Crippen MR) is 114 cm³/mol. The average Bonchev–Trinajstić information content (AvgIpc) is 2.71. The van der Waals surface area contributed by atoms with Gasteiger partial charge in [0.15, 0.2) is 11.5 Å². The molecule has 6 heteroatoms. The zero-order valence-corrected chi connectivity index (χ0v) is 18.3. The van der Waals surface area contributed by atoms with Gasteiger partial charge in [-0.1, -0.05) is 24.3 Å². The maximum Gasteiger partial charge on any atom is 0.254 e. The Labute approximate surface area is 175 Å². The highest BCUT2D eigenvalue weighted by Gasteiger charge is 2.24. The molecule has 150 valence electrons. The lowest BCUT2D eigenvalue weighted by Crippen LogP contribution is -2.48. The molecular formula is C22H27BrN2O3. The van der Waals surface area contributed by atoms with E-state index in [1.54, 1.807) is 13.2 Å². The molecule has 0 bridgehead atoms. The minimum Gasteiger partial charge on any atom is -0.493 e. The average molecular weight is 447 g/mol. The van der Waals surface area contributed by atoms with Gasteiger partial charge in [0.25, 0.3) is 5.91 Å².